The highest BCUT2D eigenvalue weighted by Crippen LogP contribution is 2.36. The first-order valence-corrected chi connectivity index (χ1v) is 5.96. The van der Waals surface area contributed by atoms with Gasteiger partial charge in [-0.05, 0) is 30.9 Å². The molecule has 0 bridgehead atoms. The third-order valence-corrected chi connectivity index (χ3v) is 3.58. The Morgan fingerprint density at radius 2 is 2.47 bits per heavy atom. The average Bonchev–Trinajstić information content (AvgIpc) is 2.69. The molecule has 0 aliphatic heterocycles. The summed E-state index contributed by atoms with van der Waals surface area (Å²) in [5.74, 6) is 1.60. The van der Waals surface area contributed by atoms with Crippen molar-refractivity contribution in [2.45, 2.75) is 51.0 Å². The molecule has 0 amide bonds. The molecular weight excluding hydrogens is 188 g/mol. The fourth-order valence-electron chi connectivity index (χ4n) is 2.71. The Bertz CT molecular complexity index is 291. The van der Waals surface area contributed by atoms with Crippen LogP contribution in [0.1, 0.15) is 44.8 Å². The molecule has 2 unspecified atom stereocenters. The fourth-order valence-corrected chi connectivity index (χ4v) is 2.71. The zero-order valence-corrected chi connectivity index (χ0v) is 9.41. The van der Waals surface area contributed by atoms with Gasteiger partial charge in [0.1, 0.15) is 5.76 Å². The highest BCUT2D eigenvalue weighted by molar-refractivity contribution is 5.04. The summed E-state index contributed by atoms with van der Waals surface area (Å²) in [5.41, 5.74) is -0.517. The lowest BCUT2D eigenvalue weighted by Gasteiger charge is -2.36. The second kappa shape index (κ2) is 4.40. The molecule has 0 spiro atoms. The molecule has 1 fully saturated rings. The number of rotatable bonds is 3. The molecule has 0 saturated heterocycles. The summed E-state index contributed by atoms with van der Waals surface area (Å²) in [6.07, 6.45) is 7.82. The van der Waals surface area contributed by atoms with E-state index in [1.54, 1.807) is 6.26 Å². The van der Waals surface area contributed by atoms with Gasteiger partial charge in [0.25, 0.3) is 0 Å². The maximum absolute atomic E-state index is 10.5. The van der Waals surface area contributed by atoms with Crippen LogP contribution in [0.2, 0.25) is 0 Å². The number of hydrogen-bond acceptors (Lipinski definition) is 2. The lowest BCUT2D eigenvalue weighted by molar-refractivity contribution is -0.0198. The van der Waals surface area contributed by atoms with Crippen molar-refractivity contribution in [3.63, 3.8) is 0 Å². The molecule has 0 aromatic carbocycles. The van der Waals surface area contributed by atoms with Crippen molar-refractivity contribution in [3.8, 4) is 0 Å². The van der Waals surface area contributed by atoms with Crippen LogP contribution in [0.15, 0.2) is 22.8 Å². The van der Waals surface area contributed by atoms with Crippen LogP contribution in [0.25, 0.3) is 0 Å². The molecule has 1 aromatic heterocycles. The minimum absolute atomic E-state index is 0.517. The van der Waals surface area contributed by atoms with Crippen molar-refractivity contribution in [2.24, 2.45) is 5.92 Å². The molecule has 2 heteroatoms. The van der Waals surface area contributed by atoms with Gasteiger partial charge in [0.15, 0.2) is 0 Å². The number of aliphatic hydroxyl groups is 1. The molecule has 2 nitrogen and oxygen atoms in total. The van der Waals surface area contributed by atoms with Gasteiger partial charge in [-0.3, -0.25) is 0 Å². The molecule has 1 heterocycles. The maximum Gasteiger partial charge on any atom is 0.106 e. The monoisotopic (exact) mass is 208 g/mol. The van der Waals surface area contributed by atoms with E-state index in [-0.39, 0.29) is 0 Å². The van der Waals surface area contributed by atoms with Crippen molar-refractivity contribution in [1.29, 1.82) is 0 Å². The third kappa shape index (κ3) is 2.63. The molecule has 15 heavy (non-hydrogen) atoms. The Morgan fingerprint density at radius 1 is 1.60 bits per heavy atom. The minimum atomic E-state index is -0.517. The standard InChI is InChI=1S/C13H20O2/c1-2-11-5-3-7-13(14,9-11)10-12-6-4-8-15-12/h4,6,8,11,14H,2-3,5,7,9-10H2,1H3. The van der Waals surface area contributed by atoms with Crippen LogP contribution in [0.5, 0.6) is 0 Å². The van der Waals surface area contributed by atoms with E-state index in [1.807, 2.05) is 12.1 Å². The van der Waals surface area contributed by atoms with Crippen molar-refractivity contribution in [1.82, 2.24) is 0 Å². The zero-order chi connectivity index (χ0) is 10.7. The van der Waals surface area contributed by atoms with Gasteiger partial charge in [0.2, 0.25) is 0 Å². The van der Waals surface area contributed by atoms with Crippen molar-refractivity contribution < 1.29 is 9.52 Å². The highest BCUT2D eigenvalue weighted by Gasteiger charge is 2.34. The highest BCUT2D eigenvalue weighted by atomic mass is 16.3. The van der Waals surface area contributed by atoms with E-state index < -0.39 is 5.60 Å². The van der Waals surface area contributed by atoms with Crippen LogP contribution in [0, 0.1) is 5.92 Å². The van der Waals surface area contributed by atoms with E-state index in [2.05, 4.69) is 6.92 Å². The van der Waals surface area contributed by atoms with Gasteiger partial charge in [0, 0.05) is 6.42 Å². The van der Waals surface area contributed by atoms with Gasteiger partial charge >= 0.3 is 0 Å². The molecule has 84 valence electrons. The topological polar surface area (TPSA) is 33.4 Å². The van der Waals surface area contributed by atoms with Gasteiger partial charge in [-0.25, -0.2) is 0 Å². The summed E-state index contributed by atoms with van der Waals surface area (Å²) in [7, 11) is 0. The van der Waals surface area contributed by atoms with E-state index in [9.17, 15) is 5.11 Å². The van der Waals surface area contributed by atoms with Crippen molar-refractivity contribution >= 4 is 0 Å². The lowest BCUT2D eigenvalue weighted by Crippen LogP contribution is -2.37. The summed E-state index contributed by atoms with van der Waals surface area (Å²) in [6, 6.07) is 3.84. The molecule has 1 aliphatic carbocycles. The Labute approximate surface area is 91.3 Å². The summed E-state index contributed by atoms with van der Waals surface area (Å²) >= 11 is 0. The average molecular weight is 208 g/mol. The minimum Gasteiger partial charge on any atom is -0.469 e. The van der Waals surface area contributed by atoms with Gasteiger partial charge in [0.05, 0.1) is 11.9 Å². The van der Waals surface area contributed by atoms with Crippen LogP contribution >= 0.6 is 0 Å². The van der Waals surface area contributed by atoms with Crippen molar-refractivity contribution in [2.75, 3.05) is 0 Å². The molecule has 1 aromatic rings. The summed E-state index contributed by atoms with van der Waals surface area (Å²) in [5, 5.41) is 10.5. The smallest absolute Gasteiger partial charge is 0.106 e. The van der Waals surface area contributed by atoms with E-state index in [0.717, 1.165) is 25.0 Å². The predicted octanol–water partition coefficient (Wildman–Crippen LogP) is 3.15. The first-order chi connectivity index (χ1) is 7.22. The van der Waals surface area contributed by atoms with E-state index in [4.69, 9.17) is 4.42 Å². The van der Waals surface area contributed by atoms with Crippen LogP contribution in [-0.2, 0) is 6.42 Å². The lowest BCUT2D eigenvalue weighted by atomic mass is 9.75. The van der Waals surface area contributed by atoms with Crippen LogP contribution in [0.3, 0.4) is 0 Å². The second-order valence-corrected chi connectivity index (χ2v) is 4.85. The quantitative estimate of drug-likeness (QED) is 0.827. The Kier molecular flexibility index (Phi) is 3.15. The first-order valence-electron chi connectivity index (χ1n) is 5.96. The molecule has 1 N–H and O–H groups in total. The zero-order valence-electron chi connectivity index (χ0n) is 9.41. The third-order valence-electron chi connectivity index (χ3n) is 3.58. The summed E-state index contributed by atoms with van der Waals surface area (Å²) in [4.78, 5) is 0. The van der Waals surface area contributed by atoms with Crippen LogP contribution < -0.4 is 0 Å². The number of furan rings is 1. The van der Waals surface area contributed by atoms with Gasteiger partial charge in [-0.15, -0.1) is 0 Å². The van der Waals surface area contributed by atoms with E-state index in [0.29, 0.717) is 12.3 Å². The Morgan fingerprint density at radius 3 is 3.13 bits per heavy atom. The van der Waals surface area contributed by atoms with Gasteiger partial charge in [-0.1, -0.05) is 26.2 Å². The predicted molar refractivity (Wildman–Crippen MR) is 59.6 cm³/mol. The van der Waals surface area contributed by atoms with Gasteiger partial charge in [-0.2, -0.15) is 0 Å². The summed E-state index contributed by atoms with van der Waals surface area (Å²) in [6.45, 7) is 2.21. The van der Waals surface area contributed by atoms with Crippen LogP contribution in [0.4, 0.5) is 0 Å². The van der Waals surface area contributed by atoms with E-state index in [1.165, 1.54) is 12.8 Å². The SMILES string of the molecule is CCC1CCCC(O)(Cc2ccco2)C1. The van der Waals surface area contributed by atoms with Crippen molar-refractivity contribution in [3.05, 3.63) is 24.2 Å². The molecule has 1 aliphatic rings. The molecule has 0 radical (unpaired) electrons. The molecule has 2 rings (SSSR count). The number of hydrogen-bond donors (Lipinski definition) is 1. The fraction of sp³-hybridized carbons (Fsp3) is 0.692. The maximum atomic E-state index is 10.5. The second-order valence-electron chi connectivity index (χ2n) is 4.85. The van der Waals surface area contributed by atoms with Crippen LogP contribution in [-0.4, -0.2) is 10.7 Å². The molecular formula is C13H20O2. The van der Waals surface area contributed by atoms with Gasteiger partial charge < -0.3 is 9.52 Å². The Hall–Kier alpha value is -0.760. The molecule has 1 saturated carbocycles. The molecule has 2 atom stereocenters. The summed E-state index contributed by atoms with van der Waals surface area (Å²) < 4.78 is 5.31. The largest absolute Gasteiger partial charge is 0.469 e. The first kappa shape index (κ1) is 10.7. The Balaban J connectivity index is 1.99. The van der Waals surface area contributed by atoms with E-state index >= 15 is 0 Å². The normalized spacial score (nSPS) is 31.7.